The average Bonchev–Trinajstić information content (AvgIpc) is 3.37. The second kappa shape index (κ2) is 7.08. The van der Waals surface area contributed by atoms with Crippen LogP contribution in [0.2, 0.25) is 0 Å². The molecule has 2 aliphatic rings. The summed E-state index contributed by atoms with van der Waals surface area (Å²) in [6.07, 6.45) is 16.5. The molecule has 0 radical (unpaired) electrons. The van der Waals surface area contributed by atoms with E-state index >= 15 is 0 Å². The van der Waals surface area contributed by atoms with Gasteiger partial charge < -0.3 is 5.73 Å². The lowest BCUT2D eigenvalue weighted by Gasteiger charge is -2.23. The molecule has 2 aliphatic carbocycles. The topological polar surface area (TPSA) is 69.6 Å². The van der Waals surface area contributed by atoms with Crippen molar-refractivity contribution in [3.63, 3.8) is 0 Å². The molecule has 5 heteroatoms. The van der Waals surface area contributed by atoms with Crippen LogP contribution in [0.4, 0.5) is 0 Å². The summed E-state index contributed by atoms with van der Waals surface area (Å²) >= 11 is 0. The normalized spacial score (nSPS) is 24.1. The third kappa shape index (κ3) is 3.98. The average molecular weight is 337 g/mol. The van der Waals surface area contributed by atoms with Gasteiger partial charge in [-0.3, -0.25) is 4.68 Å². The summed E-state index contributed by atoms with van der Waals surface area (Å²) in [5.74, 6) is 2.22. The predicted octanol–water partition coefficient (Wildman–Crippen LogP) is 3.36. The van der Waals surface area contributed by atoms with E-state index in [1.165, 1.54) is 31.4 Å². The molecule has 2 saturated carbocycles. The molecule has 4 rings (SSSR count). The van der Waals surface area contributed by atoms with E-state index in [9.17, 15) is 0 Å². The fraction of sp³-hybridized carbons (Fsp3) is 0.550. The number of aryl methyl sites for hydroxylation is 1. The highest BCUT2D eigenvalue weighted by molar-refractivity contribution is 5.62. The van der Waals surface area contributed by atoms with Gasteiger partial charge in [0.1, 0.15) is 0 Å². The van der Waals surface area contributed by atoms with Crippen molar-refractivity contribution in [3.8, 4) is 11.3 Å². The fourth-order valence-electron chi connectivity index (χ4n) is 3.68. The Morgan fingerprint density at radius 2 is 2.00 bits per heavy atom. The fourth-order valence-corrected chi connectivity index (χ4v) is 3.68. The first kappa shape index (κ1) is 16.5. The molecule has 5 nitrogen and oxygen atoms in total. The van der Waals surface area contributed by atoms with Gasteiger partial charge in [0, 0.05) is 30.5 Å². The van der Waals surface area contributed by atoms with Gasteiger partial charge in [-0.1, -0.05) is 6.08 Å². The van der Waals surface area contributed by atoms with E-state index in [0.717, 1.165) is 42.3 Å². The van der Waals surface area contributed by atoms with E-state index in [4.69, 9.17) is 10.7 Å². The van der Waals surface area contributed by atoms with E-state index in [0.29, 0.717) is 12.0 Å². The van der Waals surface area contributed by atoms with Gasteiger partial charge >= 0.3 is 0 Å². The summed E-state index contributed by atoms with van der Waals surface area (Å²) in [7, 11) is 2.02. The van der Waals surface area contributed by atoms with Gasteiger partial charge in [-0.05, 0) is 68.9 Å². The summed E-state index contributed by atoms with van der Waals surface area (Å²) in [5, 5.41) is 4.46. The van der Waals surface area contributed by atoms with Gasteiger partial charge in [0.2, 0.25) is 0 Å². The molecule has 0 aliphatic heterocycles. The van der Waals surface area contributed by atoms with Crippen LogP contribution in [0.1, 0.15) is 50.0 Å². The Labute approximate surface area is 149 Å². The number of nitrogens with zero attached hydrogens (tertiary/aromatic N) is 4. The molecule has 2 fully saturated rings. The second-order valence-electron chi connectivity index (χ2n) is 7.61. The number of rotatable bonds is 5. The molecule has 0 amide bonds. The molecule has 132 valence electrons. The zero-order valence-corrected chi connectivity index (χ0v) is 14.9. The van der Waals surface area contributed by atoms with Crippen molar-refractivity contribution in [2.45, 2.75) is 51.0 Å². The van der Waals surface area contributed by atoms with Crippen LogP contribution in [0.5, 0.6) is 0 Å². The van der Waals surface area contributed by atoms with Gasteiger partial charge in [-0.25, -0.2) is 9.97 Å². The van der Waals surface area contributed by atoms with Crippen molar-refractivity contribution >= 4 is 6.08 Å². The molecule has 0 saturated heterocycles. The van der Waals surface area contributed by atoms with Crippen molar-refractivity contribution in [1.82, 2.24) is 19.7 Å². The van der Waals surface area contributed by atoms with Gasteiger partial charge in [0.15, 0.2) is 5.82 Å². The minimum atomic E-state index is 0.389. The molecule has 25 heavy (non-hydrogen) atoms. The van der Waals surface area contributed by atoms with Crippen LogP contribution in [-0.4, -0.2) is 25.8 Å². The van der Waals surface area contributed by atoms with Crippen molar-refractivity contribution < 1.29 is 0 Å². The molecule has 0 bridgehead atoms. The van der Waals surface area contributed by atoms with Crippen LogP contribution in [0.15, 0.2) is 24.5 Å². The Morgan fingerprint density at radius 1 is 1.20 bits per heavy atom. The maximum atomic E-state index is 5.99. The molecule has 0 unspecified atom stereocenters. The Bertz CT molecular complexity index is 751. The monoisotopic (exact) mass is 337 g/mol. The quantitative estimate of drug-likeness (QED) is 0.908. The highest BCUT2D eigenvalue weighted by atomic mass is 15.3. The highest BCUT2D eigenvalue weighted by Crippen LogP contribution is 2.35. The standard InChI is InChI=1S/C20H27N5/c1-25-19(12-15-2-3-15)17(13-23-25)18-10-11-22-20(24-18)9-6-14-4-7-16(21)8-5-14/h6,9-11,13-16H,2-5,7-8,12,21H2,1H3/b9-6+/t14-,16-. The molecule has 2 aromatic rings. The molecule has 0 spiro atoms. The second-order valence-corrected chi connectivity index (χ2v) is 7.61. The third-order valence-electron chi connectivity index (χ3n) is 5.52. The summed E-state index contributed by atoms with van der Waals surface area (Å²) in [4.78, 5) is 9.19. The van der Waals surface area contributed by atoms with Gasteiger partial charge in [0.05, 0.1) is 11.9 Å². The van der Waals surface area contributed by atoms with Crippen LogP contribution in [0, 0.1) is 11.8 Å². The number of hydrogen-bond acceptors (Lipinski definition) is 4. The molecule has 2 N–H and O–H groups in total. The van der Waals surface area contributed by atoms with Crippen LogP contribution in [0.3, 0.4) is 0 Å². The Balaban J connectivity index is 1.51. The lowest BCUT2D eigenvalue weighted by atomic mass is 9.86. The lowest BCUT2D eigenvalue weighted by molar-refractivity contribution is 0.376. The van der Waals surface area contributed by atoms with Crippen LogP contribution in [-0.2, 0) is 13.5 Å². The maximum Gasteiger partial charge on any atom is 0.152 e. The Morgan fingerprint density at radius 3 is 2.76 bits per heavy atom. The minimum absolute atomic E-state index is 0.389. The number of hydrogen-bond donors (Lipinski definition) is 1. The van der Waals surface area contributed by atoms with E-state index in [1.54, 1.807) is 0 Å². The van der Waals surface area contributed by atoms with E-state index in [2.05, 4.69) is 22.2 Å². The van der Waals surface area contributed by atoms with Gasteiger partial charge in [-0.2, -0.15) is 5.10 Å². The minimum Gasteiger partial charge on any atom is -0.328 e. The summed E-state index contributed by atoms with van der Waals surface area (Å²) in [6.45, 7) is 0. The molecular formula is C20H27N5. The SMILES string of the molecule is Cn1ncc(-c2ccnc(/C=C/[C@H]3CC[C@H](N)CC3)n2)c1CC1CC1. The van der Waals surface area contributed by atoms with Crippen molar-refractivity contribution in [1.29, 1.82) is 0 Å². The first-order chi connectivity index (χ1) is 12.2. The molecule has 0 atom stereocenters. The molecule has 2 aromatic heterocycles. The first-order valence-corrected chi connectivity index (χ1v) is 9.47. The van der Waals surface area contributed by atoms with Crippen molar-refractivity contribution in [3.05, 3.63) is 36.1 Å². The predicted molar refractivity (Wildman–Crippen MR) is 99.6 cm³/mol. The molecule has 0 aromatic carbocycles. The number of nitrogens with two attached hydrogens (primary N) is 1. The largest absolute Gasteiger partial charge is 0.328 e. The number of allylic oxidation sites excluding steroid dienone is 1. The molecule has 2 heterocycles. The highest BCUT2D eigenvalue weighted by Gasteiger charge is 2.25. The lowest BCUT2D eigenvalue weighted by Crippen LogP contribution is -2.25. The van der Waals surface area contributed by atoms with Crippen LogP contribution in [0.25, 0.3) is 17.3 Å². The van der Waals surface area contributed by atoms with Crippen LogP contribution >= 0.6 is 0 Å². The zero-order valence-electron chi connectivity index (χ0n) is 14.9. The summed E-state index contributed by atoms with van der Waals surface area (Å²) in [5.41, 5.74) is 9.40. The third-order valence-corrected chi connectivity index (χ3v) is 5.52. The maximum absolute atomic E-state index is 5.99. The van der Waals surface area contributed by atoms with E-state index in [-0.39, 0.29) is 0 Å². The smallest absolute Gasteiger partial charge is 0.152 e. The molecular weight excluding hydrogens is 310 g/mol. The summed E-state index contributed by atoms with van der Waals surface area (Å²) < 4.78 is 2.00. The summed E-state index contributed by atoms with van der Waals surface area (Å²) in [6, 6.07) is 2.38. The van der Waals surface area contributed by atoms with Crippen molar-refractivity contribution in [2.75, 3.05) is 0 Å². The van der Waals surface area contributed by atoms with Gasteiger partial charge in [0.25, 0.3) is 0 Å². The van der Waals surface area contributed by atoms with E-state index in [1.807, 2.05) is 30.2 Å². The number of aromatic nitrogens is 4. The van der Waals surface area contributed by atoms with Crippen molar-refractivity contribution in [2.24, 2.45) is 24.6 Å². The zero-order chi connectivity index (χ0) is 17.2. The Kier molecular flexibility index (Phi) is 4.66. The van der Waals surface area contributed by atoms with Gasteiger partial charge in [-0.15, -0.1) is 0 Å². The first-order valence-electron chi connectivity index (χ1n) is 9.47. The Hall–Kier alpha value is -2.01. The van der Waals surface area contributed by atoms with E-state index < -0.39 is 0 Å². The van der Waals surface area contributed by atoms with Crippen LogP contribution < -0.4 is 5.73 Å².